The molecule has 1 aliphatic heterocycles. The molecule has 5 nitrogen and oxygen atoms in total. The predicted octanol–water partition coefficient (Wildman–Crippen LogP) is 2.55. The molecule has 110 valence electrons. The molecule has 1 aromatic heterocycles. The number of rotatable bonds is 3. The third-order valence-electron chi connectivity index (χ3n) is 3.88. The standard InChI is InChI=1S/C17H15N3O2/c1-22-15-4-2-3-12(9-15)16-7-8-20(16)17(21)13-5-6-14(10-18)19-11-13/h2-6,9,11,16H,7-8H2,1H3. The zero-order valence-electron chi connectivity index (χ0n) is 12.2. The highest BCUT2D eigenvalue weighted by Gasteiger charge is 2.34. The Hall–Kier alpha value is -2.87. The summed E-state index contributed by atoms with van der Waals surface area (Å²) >= 11 is 0. The van der Waals surface area contributed by atoms with Crippen LogP contribution in [-0.4, -0.2) is 29.4 Å². The molecule has 1 saturated heterocycles. The highest BCUT2D eigenvalue weighted by atomic mass is 16.5. The van der Waals surface area contributed by atoms with Gasteiger partial charge in [-0.15, -0.1) is 0 Å². The molecule has 0 spiro atoms. The van der Waals surface area contributed by atoms with Gasteiger partial charge in [0.15, 0.2) is 0 Å². The quantitative estimate of drug-likeness (QED) is 0.872. The Kier molecular flexibility index (Phi) is 3.75. The second-order valence-corrected chi connectivity index (χ2v) is 5.12. The summed E-state index contributed by atoms with van der Waals surface area (Å²) in [6.45, 7) is 0.723. The molecule has 1 fully saturated rings. The number of hydrogen-bond donors (Lipinski definition) is 0. The average molecular weight is 293 g/mol. The summed E-state index contributed by atoms with van der Waals surface area (Å²) in [5.41, 5.74) is 1.89. The first-order valence-electron chi connectivity index (χ1n) is 7.04. The Balaban J connectivity index is 1.79. The Bertz CT molecular complexity index is 734. The first-order chi connectivity index (χ1) is 10.7. The van der Waals surface area contributed by atoms with Crippen LogP contribution in [0.2, 0.25) is 0 Å². The molecule has 0 saturated carbocycles. The van der Waals surface area contributed by atoms with Crippen molar-refractivity contribution < 1.29 is 9.53 Å². The Labute approximate surface area is 128 Å². The third kappa shape index (κ3) is 2.51. The van der Waals surface area contributed by atoms with E-state index >= 15 is 0 Å². The molecule has 0 N–H and O–H groups in total. The van der Waals surface area contributed by atoms with Crippen LogP contribution in [0.15, 0.2) is 42.6 Å². The van der Waals surface area contributed by atoms with Gasteiger partial charge in [-0.25, -0.2) is 4.98 Å². The molecule has 1 unspecified atom stereocenters. The van der Waals surface area contributed by atoms with E-state index in [0.717, 1.165) is 24.3 Å². The highest BCUT2D eigenvalue weighted by molar-refractivity contribution is 5.94. The second kappa shape index (κ2) is 5.86. The van der Waals surface area contributed by atoms with Gasteiger partial charge in [0.25, 0.3) is 5.91 Å². The lowest BCUT2D eigenvalue weighted by Gasteiger charge is -2.41. The van der Waals surface area contributed by atoms with E-state index in [1.54, 1.807) is 19.2 Å². The van der Waals surface area contributed by atoms with Crippen LogP contribution >= 0.6 is 0 Å². The van der Waals surface area contributed by atoms with Gasteiger partial charge in [0, 0.05) is 12.7 Å². The molecular formula is C17H15N3O2. The van der Waals surface area contributed by atoms with Crippen molar-refractivity contribution in [3.8, 4) is 11.8 Å². The van der Waals surface area contributed by atoms with Gasteiger partial charge in [0.1, 0.15) is 17.5 Å². The number of methoxy groups -OCH3 is 1. The molecule has 1 aliphatic rings. The van der Waals surface area contributed by atoms with E-state index in [1.807, 2.05) is 35.2 Å². The minimum atomic E-state index is -0.0592. The number of ether oxygens (including phenoxy) is 1. The van der Waals surface area contributed by atoms with Gasteiger partial charge in [-0.3, -0.25) is 4.79 Å². The number of amides is 1. The van der Waals surface area contributed by atoms with Crippen LogP contribution in [0, 0.1) is 11.3 Å². The molecule has 5 heteroatoms. The van der Waals surface area contributed by atoms with Crippen LogP contribution in [0.3, 0.4) is 0 Å². The number of likely N-dealkylation sites (tertiary alicyclic amines) is 1. The van der Waals surface area contributed by atoms with Crippen LogP contribution in [0.1, 0.15) is 34.1 Å². The van der Waals surface area contributed by atoms with Gasteiger partial charge in [0.2, 0.25) is 0 Å². The number of nitrogens with zero attached hydrogens (tertiary/aromatic N) is 3. The van der Waals surface area contributed by atoms with E-state index in [4.69, 9.17) is 10.00 Å². The van der Waals surface area contributed by atoms with Crippen molar-refractivity contribution in [1.82, 2.24) is 9.88 Å². The normalized spacial score (nSPS) is 16.5. The monoisotopic (exact) mass is 293 g/mol. The van der Waals surface area contributed by atoms with Crippen LogP contribution < -0.4 is 4.74 Å². The topological polar surface area (TPSA) is 66.2 Å². The van der Waals surface area contributed by atoms with Gasteiger partial charge in [0.05, 0.1) is 18.7 Å². The lowest BCUT2D eigenvalue weighted by atomic mass is 9.93. The summed E-state index contributed by atoms with van der Waals surface area (Å²) < 4.78 is 5.24. The van der Waals surface area contributed by atoms with E-state index < -0.39 is 0 Å². The van der Waals surface area contributed by atoms with Gasteiger partial charge in [-0.1, -0.05) is 12.1 Å². The average Bonchev–Trinajstić information content (AvgIpc) is 2.54. The molecule has 22 heavy (non-hydrogen) atoms. The number of benzene rings is 1. The molecule has 1 atom stereocenters. The number of nitriles is 1. The summed E-state index contributed by atoms with van der Waals surface area (Å²) in [4.78, 5) is 18.3. The fourth-order valence-electron chi connectivity index (χ4n) is 2.58. The Morgan fingerprint density at radius 2 is 2.27 bits per heavy atom. The molecule has 0 aliphatic carbocycles. The first kappa shape index (κ1) is 14.1. The Morgan fingerprint density at radius 3 is 2.86 bits per heavy atom. The summed E-state index contributed by atoms with van der Waals surface area (Å²) in [7, 11) is 1.63. The first-order valence-corrected chi connectivity index (χ1v) is 7.04. The zero-order chi connectivity index (χ0) is 15.5. The van der Waals surface area contributed by atoms with E-state index in [2.05, 4.69) is 4.98 Å². The van der Waals surface area contributed by atoms with Crippen molar-refractivity contribution >= 4 is 5.91 Å². The van der Waals surface area contributed by atoms with Crippen molar-refractivity contribution in [2.45, 2.75) is 12.5 Å². The van der Waals surface area contributed by atoms with Crippen LogP contribution in [0.5, 0.6) is 5.75 Å². The lowest BCUT2D eigenvalue weighted by molar-refractivity contribution is 0.0459. The van der Waals surface area contributed by atoms with Gasteiger partial charge in [-0.2, -0.15) is 5.26 Å². The maximum absolute atomic E-state index is 12.5. The second-order valence-electron chi connectivity index (χ2n) is 5.12. The van der Waals surface area contributed by atoms with Crippen molar-refractivity contribution in [3.63, 3.8) is 0 Å². The summed E-state index contributed by atoms with van der Waals surface area (Å²) in [6, 6.07) is 13.0. The van der Waals surface area contributed by atoms with Gasteiger partial charge >= 0.3 is 0 Å². The van der Waals surface area contributed by atoms with Crippen molar-refractivity contribution in [3.05, 3.63) is 59.4 Å². The molecule has 3 rings (SSSR count). The summed E-state index contributed by atoms with van der Waals surface area (Å²) in [5.74, 6) is 0.730. The Morgan fingerprint density at radius 1 is 1.41 bits per heavy atom. The van der Waals surface area contributed by atoms with Crippen molar-refractivity contribution in [1.29, 1.82) is 5.26 Å². The maximum atomic E-state index is 12.5. The van der Waals surface area contributed by atoms with E-state index in [1.165, 1.54) is 6.20 Å². The van der Waals surface area contributed by atoms with Crippen LogP contribution in [0.25, 0.3) is 0 Å². The zero-order valence-corrected chi connectivity index (χ0v) is 12.2. The third-order valence-corrected chi connectivity index (χ3v) is 3.88. The fraction of sp³-hybridized carbons (Fsp3) is 0.235. The van der Waals surface area contributed by atoms with Crippen LogP contribution in [-0.2, 0) is 0 Å². The van der Waals surface area contributed by atoms with E-state index in [9.17, 15) is 4.79 Å². The summed E-state index contributed by atoms with van der Waals surface area (Å²) in [5, 5.41) is 8.75. The molecular weight excluding hydrogens is 278 g/mol. The maximum Gasteiger partial charge on any atom is 0.255 e. The molecule has 1 amide bonds. The van der Waals surface area contributed by atoms with Crippen molar-refractivity contribution in [2.24, 2.45) is 0 Å². The largest absolute Gasteiger partial charge is 0.497 e. The number of carbonyl (C=O) groups is 1. The number of aromatic nitrogens is 1. The smallest absolute Gasteiger partial charge is 0.255 e. The molecule has 2 aromatic rings. The SMILES string of the molecule is COc1cccc(C2CCN2C(=O)c2ccc(C#N)nc2)c1. The minimum absolute atomic E-state index is 0.0592. The van der Waals surface area contributed by atoms with Gasteiger partial charge < -0.3 is 9.64 Å². The number of pyridine rings is 1. The fourth-order valence-corrected chi connectivity index (χ4v) is 2.58. The molecule has 2 heterocycles. The number of carbonyl (C=O) groups excluding carboxylic acids is 1. The van der Waals surface area contributed by atoms with E-state index in [0.29, 0.717) is 11.3 Å². The molecule has 1 aromatic carbocycles. The van der Waals surface area contributed by atoms with Gasteiger partial charge in [-0.05, 0) is 36.2 Å². The highest BCUT2D eigenvalue weighted by Crippen LogP contribution is 2.35. The summed E-state index contributed by atoms with van der Waals surface area (Å²) in [6.07, 6.45) is 2.39. The molecule has 0 radical (unpaired) electrons. The van der Waals surface area contributed by atoms with Crippen LogP contribution in [0.4, 0.5) is 0 Å². The number of hydrogen-bond acceptors (Lipinski definition) is 4. The molecule has 0 bridgehead atoms. The lowest BCUT2D eigenvalue weighted by Crippen LogP contribution is -2.45. The van der Waals surface area contributed by atoms with Crippen molar-refractivity contribution in [2.75, 3.05) is 13.7 Å². The predicted molar refractivity (Wildman–Crippen MR) is 80.3 cm³/mol. The van der Waals surface area contributed by atoms with E-state index in [-0.39, 0.29) is 11.9 Å². The minimum Gasteiger partial charge on any atom is -0.497 e.